The fourth-order valence-corrected chi connectivity index (χ4v) is 2.40. The minimum absolute atomic E-state index is 0.190. The van der Waals surface area contributed by atoms with Crippen LogP contribution in [0.2, 0.25) is 0 Å². The lowest BCUT2D eigenvalue weighted by Gasteiger charge is -2.20. The van der Waals surface area contributed by atoms with Crippen molar-refractivity contribution in [1.29, 1.82) is 0 Å². The first-order valence-corrected chi connectivity index (χ1v) is 6.05. The summed E-state index contributed by atoms with van der Waals surface area (Å²) >= 11 is 0. The third-order valence-corrected chi connectivity index (χ3v) is 3.37. The molecule has 1 saturated carbocycles. The van der Waals surface area contributed by atoms with Crippen LogP contribution in [-0.4, -0.2) is 10.9 Å². The highest BCUT2D eigenvalue weighted by Crippen LogP contribution is 2.31. The molecule has 0 heterocycles. The third kappa shape index (κ3) is 2.50. The Kier molecular flexibility index (Phi) is 3.73. The Bertz CT molecular complexity index is 345. The molecular formula is C14H18O2. The minimum atomic E-state index is -0.619. The quantitative estimate of drug-likeness (QED) is 0.775. The maximum atomic E-state index is 11.9. The maximum absolute atomic E-state index is 11.9. The normalized spacial score (nSPS) is 23.8. The zero-order valence-electron chi connectivity index (χ0n) is 9.43. The lowest BCUT2D eigenvalue weighted by molar-refractivity contribution is -0.126. The van der Waals surface area contributed by atoms with Crippen LogP contribution in [0.1, 0.15) is 43.8 Å². The van der Waals surface area contributed by atoms with E-state index in [-0.39, 0.29) is 11.7 Å². The van der Waals surface area contributed by atoms with Crippen molar-refractivity contribution < 1.29 is 9.90 Å². The number of carbonyl (C=O) groups is 1. The average molecular weight is 218 g/mol. The van der Waals surface area contributed by atoms with Gasteiger partial charge in [0.25, 0.3) is 0 Å². The molecule has 1 aliphatic rings. The SMILES string of the molecule is O=C1CCCCC[C@H]1[C@H](O)c1ccccc1. The van der Waals surface area contributed by atoms with E-state index in [0.717, 1.165) is 31.2 Å². The van der Waals surface area contributed by atoms with Crippen molar-refractivity contribution in [2.75, 3.05) is 0 Å². The van der Waals surface area contributed by atoms with E-state index < -0.39 is 6.10 Å². The lowest BCUT2D eigenvalue weighted by Crippen LogP contribution is -2.21. The summed E-state index contributed by atoms with van der Waals surface area (Å²) in [5.74, 6) is 0.0405. The van der Waals surface area contributed by atoms with Gasteiger partial charge in [-0.25, -0.2) is 0 Å². The van der Waals surface area contributed by atoms with Crippen molar-refractivity contribution in [1.82, 2.24) is 0 Å². The monoisotopic (exact) mass is 218 g/mol. The second kappa shape index (κ2) is 5.26. The second-order valence-corrected chi connectivity index (χ2v) is 4.53. The number of rotatable bonds is 2. The summed E-state index contributed by atoms with van der Waals surface area (Å²) in [5, 5.41) is 10.2. The molecule has 2 heteroatoms. The molecule has 0 amide bonds. The Balaban J connectivity index is 2.13. The predicted octanol–water partition coefficient (Wildman–Crippen LogP) is 2.87. The number of ketones is 1. The molecule has 0 spiro atoms. The second-order valence-electron chi connectivity index (χ2n) is 4.53. The molecule has 0 aromatic heterocycles. The molecular weight excluding hydrogens is 200 g/mol. The molecule has 1 fully saturated rings. The van der Waals surface area contributed by atoms with Gasteiger partial charge < -0.3 is 5.11 Å². The van der Waals surface area contributed by atoms with E-state index in [2.05, 4.69) is 0 Å². The zero-order valence-corrected chi connectivity index (χ0v) is 9.43. The number of aliphatic hydroxyl groups excluding tert-OH is 1. The molecule has 1 aromatic carbocycles. The van der Waals surface area contributed by atoms with E-state index >= 15 is 0 Å². The Hall–Kier alpha value is -1.15. The highest BCUT2D eigenvalue weighted by Gasteiger charge is 2.28. The number of benzene rings is 1. The summed E-state index contributed by atoms with van der Waals surface area (Å²) in [5.41, 5.74) is 0.864. The summed E-state index contributed by atoms with van der Waals surface area (Å²) < 4.78 is 0. The van der Waals surface area contributed by atoms with Crippen LogP contribution < -0.4 is 0 Å². The Labute approximate surface area is 96.3 Å². The molecule has 1 aromatic rings. The summed E-state index contributed by atoms with van der Waals surface area (Å²) in [6, 6.07) is 9.51. The van der Waals surface area contributed by atoms with E-state index in [1.165, 1.54) is 0 Å². The van der Waals surface area contributed by atoms with E-state index in [1.54, 1.807) is 0 Å². The van der Waals surface area contributed by atoms with Crippen LogP contribution in [0.25, 0.3) is 0 Å². The van der Waals surface area contributed by atoms with E-state index in [0.29, 0.717) is 6.42 Å². The van der Waals surface area contributed by atoms with E-state index in [9.17, 15) is 9.90 Å². The summed E-state index contributed by atoms with van der Waals surface area (Å²) in [6.07, 6.45) is 4.00. The first-order valence-electron chi connectivity index (χ1n) is 6.05. The molecule has 0 unspecified atom stereocenters. The van der Waals surface area contributed by atoms with Crippen LogP contribution in [0.5, 0.6) is 0 Å². The largest absolute Gasteiger partial charge is 0.388 e. The molecule has 0 radical (unpaired) electrons. The number of carbonyl (C=O) groups excluding carboxylic acids is 1. The van der Waals surface area contributed by atoms with Gasteiger partial charge in [-0.3, -0.25) is 4.79 Å². The number of hydrogen-bond donors (Lipinski definition) is 1. The van der Waals surface area contributed by atoms with Crippen molar-refractivity contribution in [2.45, 2.75) is 38.2 Å². The van der Waals surface area contributed by atoms with Crippen molar-refractivity contribution in [3.63, 3.8) is 0 Å². The van der Waals surface area contributed by atoms with Gasteiger partial charge >= 0.3 is 0 Å². The van der Waals surface area contributed by atoms with Crippen LogP contribution in [0, 0.1) is 5.92 Å². The Morgan fingerprint density at radius 1 is 1.12 bits per heavy atom. The molecule has 0 saturated heterocycles. The van der Waals surface area contributed by atoms with Gasteiger partial charge in [0, 0.05) is 12.3 Å². The summed E-state index contributed by atoms with van der Waals surface area (Å²) in [4.78, 5) is 11.9. The molecule has 2 nitrogen and oxygen atoms in total. The first-order chi connectivity index (χ1) is 7.79. The van der Waals surface area contributed by atoms with Crippen LogP contribution in [0.15, 0.2) is 30.3 Å². The van der Waals surface area contributed by atoms with Gasteiger partial charge in [0.1, 0.15) is 5.78 Å². The molecule has 86 valence electrons. The molecule has 2 atom stereocenters. The van der Waals surface area contributed by atoms with Crippen molar-refractivity contribution in [3.05, 3.63) is 35.9 Å². The number of hydrogen-bond acceptors (Lipinski definition) is 2. The van der Waals surface area contributed by atoms with Gasteiger partial charge in [-0.15, -0.1) is 0 Å². The predicted molar refractivity (Wildman–Crippen MR) is 63.0 cm³/mol. The fourth-order valence-electron chi connectivity index (χ4n) is 2.40. The van der Waals surface area contributed by atoms with Crippen molar-refractivity contribution in [2.24, 2.45) is 5.92 Å². The molecule has 2 rings (SSSR count). The minimum Gasteiger partial charge on any atom is -0.388 e. The molecule has 0 bridgehead atoms. The third-order valence-electron chi connectivity index (χ3n) is 3.37. The highest BCUT2D eigenvalue weighted by atomic mass is 16.3. The van der Waals surface area contributed by atoms with Gasteiger partial charge in [0.15, 0.2) is 0 Å². The van der Waals surface area contributed by atoms with Crippen molar-refractivity contribution in [3.8, 4) is 0 Å². The molecule has 16 heavy (non-hydrogen) atoms. The molecule has 0 aliphatic heterocycles. The van der Waals surface area contributed by atoms with Crippen molar-refractivity contribution >= 4 is 5.78 Å². The van der Waals surface area contributed by atoms with Gasteiger partial charge in [0.05, 0.1) is 6.10 Å². The first kappa shape index (κ1) is 11.3. The fraction of sp³-hybridized carbons (Fsp3) is 0.500. The lowest BCUT2D eigenvalue weighted by atomic mass is 9.88. The zero-order chi connectivity index (χ0) is 11.4. The van der Waals surface area contributed by atoms with Crippen LogP contribution in [0.4, 0.5) is 0 Å². The van der Waals surface area contributed by atoms with Crippen LogP contribution in [0.3, 0.4) is 0 Å². The number of Topliss-reactive ketones (excluding diaryl/α,β-unsaturated/α-hetero) is 1. The summed E-state index contributed by atoms with van der Waals surface area (Å²) in [7, 11) is 0. The molecule has 1 N–H and O–H groups in total. The van der Waals surface area contributed by atoms with Crippen LogP contribution in [-0.2, 0) is 4.79 Å². The Morgan fingerprint density at radius 2 is 1.88 bits per heavy atom. The van der Waals surface area contributed by atoms with Gasteiger partial charge in [0.2, 0.25) is 0 Å². The maximum Gasteiger partial charge on any atom is 0.138 e. The van der Waals surface area contributed by atoms with E-state index in [1.807, 2.05) is 30.3 Å². The molecule has 1 aliphatic carbocycles. The average Bonchev–Trinajstić information content (AvgIpc) is 2.54. The number of aliphatic hydroxyl groups is 1. The topological polar surface area (TPSA) is 37.3 Å². The van der Waals surface area contributed by atoms with Gasteiger partial charge in [-0.1, -0.05) is 43.2 Å². The smallest absolute Gasteiger partial charge is 0.138 e. The van der Waals surface area contributed by atoms with Crippen LogP contribution >= 0.6 is 0 Å². The summed E-state index contributed by atoms with van der Waals surface area (Å²) in [6.45, 7) is 0. The van der Waals surface area contributed by atoms with Gasteiger partial charge in [-0.2, -0.15) is 0 Å². The standard InChI is InChI=1S/C14H18O2/c15-13-10-6-2-5-9-12(13)14(16)11-7-3-1-4-8-11/h1,3-4,7-8,12,14,16H,2,5-6,9-10H2/t12-,14-/m1/s1. The highest BCUT2D eigenvalue weighted by molar-refractivity contribution is 5.81. The van der Waals surface area contributed by atoms with E-state index in [4.69, 9.17) is 0 Å². The van der Waals surface area contributed by atoms with Gasteiger partial charge in [-0.05, 0) is 18.4 Å². The Morgan fingerprint density at radius 3 is 2.62 bits per heavy atom.